The molecule has 0 aliphatic rings. The average Bonchev–Trinajstić information content (AvgIpc) is 2.95. The largest absolute Gasteiger partial charge is 0.477 e. The summed E-state index contributed by atoms with van der Waals surface area (Å²) in [5, 5.41) is 12.3. The van der Waals surface area contributed by atoms with Crippen LogP contribution in [0.1, 0.15) is 40.6 Å². The molecule has 140 valence electrons. The Labute approximate surface area is 159 Å². The van der Waals surface area contributed by atoms with Crippen LogP contribution in [0.4, 0.5) is 5.69 Å². The van der Waals surface area contributed by atoms with E-state index in [4.69, 9.17) is 0 Å². The fourth-order valence-electron chi connectivity index (χ4n) is 2.93. The summed E-state index contributed by atoms with van der Waals surface area (Å²) in [5.41, 5.74) is 1.67. The van der Waals surface area contributed by atoms with Gasteiger partial charge in [0.2, 0.25) is 5.91 Å². The van der Waals surface area contributed by atoms with E-state index in [-0.39, 0.29) is 28.6 Å². The molecule has 0 saturated carbocycles. The van der Waals surface area contributed by atoms with Crippen molar-refractivity contribution in [3.8, 4) is 0 Å². The third-order valence-corrected chi connectivity index (χ3v) is 5.47. The van der Waals surface area contributed by atoms with Gasteiger partial charge >= 0.3 is 5.97 Å². The number of benzene rings is 1. The van der Waals surface area contributed by atoms with Crippen molar-refractivity contribution in [3.05, 3.63) is 57.0 Å². The summed E-state index contributed by atoms with van der Waals surface area (Å²) in [6.07, 6.45) is 1.28. The SMILES string of the molecule is Cc1c(C(=O)O)sc2ncn(CC(=O)Nc3ccccc3C(C)C)c(=O)c12. The molecule has 3 rings (SSSR count). The van der Waals surface area contributed by atoms with Gasteiger partial charge in [0, 0.05) is 5.69 Å². The van der Waals surface area contributed by atoms with Crippen molar-refractivity contribution in [1.29, 1.82) is 0 Å². The lowest BCUT2D eigenvalue weighted by molar-refractivity contribution is -0.116. The van der Waals surface area contributed by atoms with E-state index in [2.05, 4.69) is 10.3 Å². The van der Waals surface area contributed by atoms with E-state index in [1.807, 2.05) is 38.1 Å². The first-order valence-electron chi connectivity index (χ1n) is 8.40. The van der Waals surface area contributed by atoms with Gasteiger partial charge in [0.25, 0.3) is 5.56 Å². The number of nitrogens with one attached hydrogen (secondary N) is 1. The molecule has 1 aromatic carbocycles. The van der Waals surface area contributed by atoms with Crippen LogP contribution in [-0.2, 0) is 11.3 Å². The van der Waals surface area contributed by atoms with Crippen LogP contribution >= 0.6 is 11.3 Å². The zero-order valence-corrected chi connectivity index (χ0v) is 16.0. The Balaban J connectivity index is 1.90. The van der Waals surface area contributed by atoms with Crippen molar-refractivity contribution < 1.29 is 14.7 Å². The van der Waals surface area contributed by atoms with E-state index in [0.29, 0.717) is 16.1 Å². The minimum atomic E-state index is -1.09. The summed E-state index contributed by atoms with van der Waals surface area (Å²) in [5.74, 6) is -1.20. The predicted molar refractivity (Wildman–Crippen MR) is 105 cm³/mol. The molecule has 7 nitrogen and oxygen atoms in total. The molecule has 0 aliphatic carbocycles. The summed E-state index contributed by atoms with van der Waals surface area (Å²) < 4.78 is 1.20. The monoisotopic (exact) mass is 385 g/mol. The Kier molecular flexibility index (Phi) is 5.09. The van der Waals surface area contributed by atoms with Gasteiger partial charge in [-0.3, -0.25) is 14.2 Å². The van der Waals surface area contributed by atoms with E-state index in [0.717, 1.165) is 16.9 Å². The van der Waals surface area contributed by atoms with Crippen molar-refractivity contribution in [3.63, 3.8) is 0 Å². The lowest BCUT2D eigenvalue weighted by atomic mass is 10.0. The summed E-state index contributed by atoms with van der Waals surface area (Å²) in [6, 6.07) is 7.51. The third-order valence-electron chi connectivity index (χ3n) is 4.28. The van der Waals surface area contributed by atoms with Crippen molar-refractivity contribution in [2.75, 3.05) is 5.32 Å². The van der Waals surface area contributed by atoms with Crippen LogP contribution in [0.15, 0.2) is 35.4 Å². The summed E-state index contributed by atoms with van der Waals surface area (Å²) in [6.45, 7) is 5.44. The van der Waals surface area contributed by atoms with E-state index < -0.39 is 11.5 Å². The van der Waals surface area contributed by atoms with Crippen LogP contribution in [0.2, 0.25) is 0 Å². The van der Waals surface area contributed by atoms with Gasteiger partial charge in [-0.1, -0.05) is 32.0 Å². The highest BCUT2D eigenvalue weighted by molar-refractivity contribution is 7.20. The number of aryl methyl sites for hydroxylation is 1. The highest BCUT2D eigenvalue weighted by Crippen LogP contribution is 2.27. The molecule has 8 heteroatoms. The maximum absolute atomic E-state index is 12.7. The molecule has 3 aromatic rings. The number of anilines is 1. The van der Waals surface area contributed by atoms with Gasteiger partial charge in [0.15, 0.2) is 0 Å². The lowest BCUT2D eigenvalue weighted by Gasteiger charge is -2.14. The van der Waals surface area contributed by atoms with Gasteiger partial charge in [-0.15, -0.1) is 11.3 Å². The topological polar surface area (TPSA) is 101 Å². The number of amides is 1. The number of thiophene rings is 1. The number of carboxylic acid groups (broad SMARTS) is 1. The average molecular weight is 385 g/mol. The lowest BCUT2D eigenvalue weighted by Crippen LogP contribution is -2.28. The van der Waals surface area contributed by atoms with Crippen LogP contribution in [0.5, 0.6) is 0 Å². The maximum Gasteiger partial charge on any atom is 0.346 e. The number of hydrogen-bond donors (Lipinski definition) is 2. The molecule has 0 atom stereocenters. The molecule has 0 fully saturated rings. The fraction of sp³-hybridized carbons (Fsp3) is 0.263. The number of para-hydroxylation sites is 1. The van der Waals surface area contributed by atoms with Crippen molar-refractivity contribution in [2.45, 2.75) is 33.2 Å². The molecule has 0 aliphatic heterocycles. The van der Waals surface area contributed by atoms with Crippen LogP contribution in [0.25, 0.3) is 10.2 Å². The van der Waals surface area contributed by atoms with Gasteiger partial charge < -0.3 is 10.4 Å². The Morgan fingerprint density at radius 1 is 1.30 bits per heavy atom. The van der Waals surface area contributed by atoms with Gasteiger partial charge in [-0.2, -0.15) is 0 Å². The second-order valence-corrected chi connectivity index (χ2v) is 7.51. The number of nitrogens with zero attached hydrogens (tertiary/aromatic N) is 2. The zero-order valence-electron chi connectivity index (χ0n) is 15.1. The Hall–Kier alpha value is -3.00. The number of carboxylic acids is 1. The van der Waals surface area contributed by atoms with Gasteiger partial charge in [-0.25, -0.2) is 9.78 Å². The molecule has 0 spiro atoms. The fourth-order valence-corrected chi connectivity index (χ4v) is 3.91. The number of aromatic carboxylic acids is 1. The summed E-state index contributed by atoms with van der Waals surface area (Å²) >= 11 is 0.957. The molecule has 1 amide bonds. The second kappa shape index (κ2) is 7.32. The van der Waals surface area contributed by atoms with Crippen LogP contribution < -0.4 is 10.9 Å². The molecule has 2 aromatic heterocycles. The highest BCUT2D eigenvalue weighted by atomic mass is 32.1. The molecule has 2 N–H and O–H groups in total. The number of carbonyl (C=O) groups excluding carboxylic acids is 1. The molecule has 0 unspecified atom stereocenters. The number of aromatic nitrogens is 2. The molecular formula is C19H19N3O4S. The molecule has 27 heavy (non-hydrogen) atoms. The zero-order chi connectivity index (χ0) is 19.7. The first-order valence-corrected chi connectivity index (χ1v) is 9.21. The van der Waals surface area contributed by atoms with E-state index in [9.17, 15) is 19.5 Å². The van der Waals surface area contributed by atoms with E-state index in [1.165, 1.54) is 10.9 Å². The first-order chi connectivity index (χ1) is 12.8. The summed E-state index contributed by atoms with van der Waals surface area (Å²) in [7, 11) is 0. The Morgan fingerprint density at radius 2 is 2.00 bits per heavy atom. The van der Waals surface area contributed by atoms with E-state index in [1.54, 1.807) is 6.92 Å². The number of carbonyl (C=O) groups is 2. The smallest absolute Gasteiger partial charge is 0.346 e. The first kappa shape index (κ1) is 18.8. The second-order valence-electron chi connectivity index (χ2n) is 6.51. The standard InChI is InChI=1S/C19H19N3O4S/c1-10(2)12-6-4-5-7-13(12)21-14(23)8-22-9-20-17-15(18(22)24)11(3)16(27-17)19(25)26/h4-7,9-10H,8H2,1-3H3,(H,21,23)(H,25,26). The number of hydrogen-bond acceptors (Lipinski definition) is 5. The Morgan fingerprint density at radius 3 is 2.67 bits per heavy atom. The van der Waals surface area contributed by atoms with Gasteiger partial charge in [-0.05, 0) is 30.0 Å². The third kappa shape index (κ3) is 3.61. The number of rotatable bonds is 5. The van der Waals surface area contributed by atoms with E-state index >= 15 is 0 Å². The molecule has 0 radical (unpaired) electrons. The van der Waals surface area contributed by atoms with Crippen LogP contribution in [0.3, 0.4) is 0 Å². The molecule has 0 bridgehead atoms. The molecular weight excluding hydrogens is 366 g/mol. The van der Waals surface area contributed by atoms with Crippen molar-refractivity contribution >= 4 is 39.1 Å². The van der Waals surface area contributed by atoms with Crippen LogP contribution in [0, 0.1) is 6.92 Å². The highest BCUT2D eigenvalue weighted by Gasteiger charge is 2.19. The quantitative estimate of drug-likeness (QED) is 0.702. The maximum atomic E-state index is 12.7. The van der Waals surface area contributed by atoms with Crippen LogP contribution in [-0.4, -0.2) is 26.5 Å². The summed E-state index contributed by atoms with van der Waals surface area (Å²) in [4.78, 5) is 41.0. The number of fused-ring (bicyclic) bond motifs is 1. The molecule has 2 heterocycles. The van der Waals surface area contributed by atoms with Gasteiger partial charge in [0.1, 0.15) is 16.3 Å². The predicted octanol–water partition coefficient (Wildman–Crippen LogP) is 3.23. The minimum absolute atomic E-state index is 0.0858. The normalized spacial score (nSPS) is 11.1. The van der Waals surface area contributed by atoms with Crippen molar-refractivity contribution in [2.24, 2.45) is 0 Å². The molecule has 0 saturated heterocycles. The van der Waals surface area contributed by atoms with Crippen molar-refractivity contribution in [1.82, 2.24) is 9.55 Å². The Bertz CT molecular complexity index is 1100. The van der Waals surface area contributed by atoms with Gasteiger partial charge in [0.05, 0.1) is 11.7 Å². The minimum Gasteiger partial charge on any atom is -0.477 e.